The summed E-state index contributed by atoms with van der Waals surface area (Å²) >= 11 is 0. The fourth-order valence-corrected chi connectivity index (χ4v) is 3.57. The minimum absolute atomic E-state index is 0.810. The molecule has 0 bridgehead atoms. The van der Waals surface area contributed by atoms with Gasteiger partial charge in [0.25, 0.3) is 0 Å². The predicted molar refractivity (Wildman–Crippen MR) is 67.6 cm³/mol. The molecule has 1 N–H and O–H groups in total. The summed E-state index contributed by atoms with van der Waals surface area (Å²) in [4.78, 5) is 2.77. The van der Waals surface area contributed by atoms with Crippen LogP contribution in [-0.2, 0) is 0 Å². The van der Waals surface area contributed by atoms with Crippen LogP contribution < -0.4 is 5.32 Å². The van der Waals surface area contributed by atoms with Gasteiger partial charge in [0.15, 0.2) is 0 Å². The van der Waals surface area contributed by atoms with Crippen molar-refractivity contribution in [3.05, 3.63) is 0 Å². The van der Waals surface area contributed by atoms with E-state index in [-0.39, 0.29) is 0 Å². The number of likely N-dealkylation sites (tertiary alicyclic amines) is 1. The lowest BCUT2D eigenvalue weighted by atomic mass is 9.86. The molecule has 0 aromatic carbocycles. The Hall–Kier alpha value is -0.0800. The summed E-state index contributed by atoms with van der Waals surface area (Å²) in [6.07, 6.45) is 10.1. The molecule has 0 radical (unpaired) electrons. The average Bonchev–Trinajstić information content (AvgIpc) is 2.94. The van der Waals surface area contributed by atoms with E-state index in [9.17, 15) is 0 Å². The third-order valence-electron chi connectivity index (χ3n) is 4.69. The molecule has 0 aromatic heterocycles. The molecule has 3 unspecified atom stereocenters. The molecule has 2 nitrogen and oxygen atoms in total. The third kappa shape index (κ3) is 2.60. The van der Waals surface area contributed by atoms with E-state index in [1.165, 1.54) is 58.0 Å². The van der Waals surface area contributed by atoms with Crippen LogP contribution in [-0.4, -0.2) is 36.1 Å². The van der Waals surface area contributed by atoms with Gasteiger partial charge in [-0.25, -0.2) is 0 Å². The number of hydrogen-bond donors (Lipinski definition) is 1. The van der Waals surface area contributed by atoms with Crippen molar-refractivity contribution in [1.29, 1.82) is 0 Å². The highest BCUT2D eigenvalue weighted by atomic mass is 15.2. The van der Waals surface area contributed by atoms with Gasteiger partial charge < -0.3 is 5.32 Å². The maximum Gasteiger partial charge on any atom is 0.0209 e. The normalized spacial score (nSPS) is 41.4. The second kappa shape index (κ2) is 4.66. The summed E-state index contributed by atoms with van der Waals surface area (Å²) in [6.45, 7) is 5.11. The molecule has 0 amide bonds. The Morgan fingerprint density at radius 2 is 1.88 bits per heavy atom. The first-order valence-corrected chi connectivity index (χ1v) is 7.31. The molecule has 3 atom stereocenters. The monoisotopic (exact) mass is 222 g/mol. The van der Waals surface area contributed by atoms with E-state index < -0.39 is 0 Å². The number of rotatable bonds is 3. The van der Waals surface area contributed by atoms with Crippen molar-refractivity contribution in [2.24, 2.45) is 5.92 Å². The van der Waals surface area contributed by atoms with E-state index in [1.54, 1.807) is 0 Å². The van der Waals surface area contributed by atoms with Crippen LogP contribution in [0.25, 0.3) is 0 Å². The van der Waals surface area contributed by atoms with Gasteiger partial charge in [0.2, 0.25) is 0 Å². The second-order valence-electron chi connectivity index (χ2n) is 6.35. The zero-order valence-corrected chi connectivity index (χ0v) is 10.6. The van der Waals surface area contributed by atoms with Crippen molar-refractivity contribution in [1.82, 2.24) is 10.2 Å². The fraction of sp³-hybridized carbons (Fsp3) is 1.00. The molecule has 2 heteroatoms. The minimum Gasteiger partial charge on any atom is -0.310 e. The van der Waals surface area contributed by atoms with E-state index in [1.807, 2.05) is 0 Å². The SMILES string of the molecule is CC1CCCC(N2CCC(NC3CC3)C2)C1. The highest BCUT2D eigenvalue weighted by Crippen LogP contribution is 2.30. The van der Waals surface area contributed by atoms with E-state index >= 15 is 0 Å². The first kappa shape index (κ1) is 11.0. The fourth-order valence-electron chi connectivity index (χ4n) is 3.57. The van der Waals surface area contributed by atoms with Crippen LogP contribution in [0.5, 0.6) is 0 Å². The first-order chi connectivity index (χ1) is 7.81. The van der Waals surface area contributed by atoms with E-state index in [2.05, 4.69) is 17.1 Å². The molecule has 3 rings (SSSR count). The van der Waals surface area contributed by atoms with Gasteiger partial charge in [0.05, 0.1) is 0 Å². The Balaban J connectivity index is 1.48. The Kier molecular flexibility index (Phi) is 3.21. The quantitative estimate of drug-likeness (QED) is 0.789. The van der Waals surface area contributed by atoms with E-state index in [0.717, 1.165) is 24.0 Å². The molecular weight excluding hydrogens is 196 g/mol. The molecule has 2 aliphatic carbocycles. The van der Waals surface area contributed by atoms with Gasteiger partial charge in [-0.05, 0) is 38.0 Å². The molecule has 3 fully saturated rings. The lowest BCUT2D eigenvalue weighted by Gasteiger charge is -2.34. The van der Waals surface area contributed by atoms with Crippen molar-refractivity contribution >= 4 is 0 Å². The Bertz CT molecular complexity index is 237. The third-order valence-corrected chi connectivity index (χ3v) is 4.69. The second-order valence-corrected chi connectivity index (χ2v) is 6.35. The van der Waals surface area contributed by atoms with Crippen molar-refractivity contribution < 1.29 is 0 Å². The highest BCUT2D eigenvalue weighted by Gasteiger charge is 2.33. The van der Waals surface area contributed by atoms with Crippen molar-refractivity contribution in [2.45, 2.75) is 70.0 Å². The molecule has 1 aliphatic heterocycles. The number of hydrogen-bond acceptors (Lipinski definition) is 2. The maximum absolute atomic E-state index is 3.79. The predicted octanol–water partition coefficient (Wildman–Crippen LogP) is 2.39. The maximum atomic E-state index is 3.79. The van der Waals surface area contributed by atoms with E-state index in [0.29, 0.717) is 0 Å². The topological polar surface area (TPSA) is 15.3 Å². The molecule has 0 aromatic rings. The summed E-state index contributed by atoms with van der Waals surface area (Å²) in [5.41, 5.74) is 0. The van der Waals surface area contributed by atoms with Crippen LogP contribution in [0.4, 0.5) is 0 Å². The molecule has 1 heterocycles. The molecule has 92 valence electrons. The Morgan fingerprint density at radius 1 is 1.00 bits per heavy atom. The summed E-state index contributed by atoms with van der Waals surface area (Å²) in [5.74, 6) is 0.967. The smallest absolute Gasteiger partial charge is 0.0209 e. The van der Waals surface area contributed by atoms with Crippen LogP contribution in [0.1, 0.15) is 51.9 Å². The van der Waals surface area contributed by atoms with Gasteiger partial charge in [-0.3, -0.25) is 4.90 Å². The van der Waals surface area contributed by atoms with Gasteiger partial charge >= 0.3 is 0 Å². The standard InChI is InChI=1S/C14H26N2/c1-11-3-2-4-14(9-11)16-8-7-13(10-16)15-12-5-6-12/h11-15H,2-10H2,1H3. The lowest BCUT2D eigenvalue weighted by Crippen LogP contribution is -2.40. The molecule has 16 heavy (non-hydrogen) atoms. The largest absolute Gasteiger partial charge is 0.310 e. The molecule has 1 saturated heterocycles. The zero-order valence-electron chi connectivity index (χ0n) is 10.6. The molecular formula is C14H26N2. The van der Waals surface area contributed by atoms with Gasteiger partial charge in [0.1, 0.15) is 0 Å². The van der Waals surface area contributed by atoms with Gasteiger partial charge in [-0.1, -0.05) is 19.8 Å². The van der Waals surface area contributed by atoms with Crippen LogP contribution in [0, 0.1) is 5.92 Å². The van der Waals surface area contributed by atoms with Crippen molar-refractivity contribution in [3.8, 4) is 0 Å². The summed E-state index contributed by atoms with van der Waals surface area (Å²) in [7, 11) is 0. The van der Waals surface area contributed by atoms with Crippen molar-refractivity contribution in [2.75, 3.05) is 13.1 Å². The van der Waals surface area contributed by atoms with E-state index in [4.69, 9.17) is 0 Å². The molecule has 3 aliphatic rings. The van der Waals surface area contributed by atoms with Gasteiger partial charge in [0, 0.05) is 31.2 Å². The van der Waals surface area contributed by atoms with Crippen LogP contribution in [0.2, 0.25) is 0 Å². The molecule has 2 saturated carbocycles. The zero-order chi connectivity index (χ0) is 11.0. The number of nitrogens with one attached hydrogen (secondary N) is 1. The first-order valence-electron chi connectivity index (χ1n) is 7.31. The van der Waals surface area contributed by atoms with Crippen LogP contribution in [0.3, 0.4) is 0 Å². The Morgan fingerprint density at radius 3 is 2.62 bits per heavy atom. The van der Waals surface area contributed by atoms with Crippen LogP contribution >= 0.6 is 0 Å². The number of nitrogens with zero attached hydrogens (tertiary/aromatic N) is 1. The average molecular weight is 222 g/mol. The van der Waals surface area contributed by atoms with Gasteiger partial charge in [-0.2, -0.15) is 0 Å². The van der Waals surface area contributed by atoms with Crippen molar-refractivity contribution in [3.63, 3.8) is 0 Å². The Labute approximate surface area is 99.8 Å². The van der Waals surface area contributed by atoms with Gasteiger partial charge in [-0.15, -0.1) is 0 Å². The minimum atomic E-state index is 0.810. The molecule has 0 spiro atoms. The highest BCUT2D eigenvalue weighted by molar-refractivity contribution is 4.92. The summed E-state index contributed by atoms with van der Waals surface area (Å²) in [5, 5.41) is 3.79. The lowest BCUT2D eigenvalue weighted by molar-refractivity contribution is 0.160. The summed E-state index contributed by atoms with van der Waals surface area (Å²) in [6, 6.07) is 2.61. The summed E-state index contributed by atoms with van der Waals surface area (Å²) < 4.78 is 0. The van der Waals surface area contributed by atoms with Crippen LogP contribution in [0.15, 0.2) is 0 Å².